The standard InChI is InChI=1S/C15H15N5O2/c1-10-14(11(2)22-19-10)15(21)18-13-5-3-12(4-6-13)7-20-9-16-8-17-20/h3-6,8-9H,7H2,1-2H3,(H,18,21). The number of carbonyl (C=O) groups excluding carboxylic acids is 1. The van der Waals surface area contributed by atoms with Crippen LogP contribution >= 0.6 is 0 Å². The predicted octanol–water partition coefficient (Wildman–Crippen LogP) is 2.18. The Morgan fingerprint density at radius 1 is 1.27 bits per heavy atom. The Morgan fingerprint density at radius 3 is 2.64 bits per heavy atom. The topological polar surface area (TPSA) is 85.8 Å². The number of anilines is 1. The SMILES string of the molecule is Cc1noc(C)c1C(=O)Nc1ccc(Cn2cncn2)cc1. The molecule has 2 heterocycles. The molecule has 1 amide bonds. The van der Waals surface area contributed by atoms with Crippen molar-refractivity contribution in [3.63, 3.8) is 0 Å². The first-order valence-electron chi connectivity index (χ1n) is 6.79. The molecular formula is C15H15N5O2. The van der Waals surface area contributed by atoms with Gasteiger partial charge in [-0.05, 0) is 31.5 Å². The van der Waals surface area contributed by atoms with E-state index in [-0.39, 0.29) is 5.91 Å². The average molecular weight is 297 g/mol. The van der Waals surface area contributed by atoms with E-state index in [0.717, 1.165) is 5.56 Å². The van der Waals surface area contributed by atoms with Crippen LogP contribution < -0.4 is 5.32 Å². The maximum Gasteiger partial charge on any atom is 0.261 e. The summed E-state index contributed by atoms with van der Waals surface area (Å²) in [4.78, 5) is 16.1. The van der Waals surface area contributed by atoms with Gasteiger partial charge in [-0.1, -0.05) is 17.3 Å². The fourth-order valence-corrected chi connectivity index (χ4v) is 2.20. The van der Waals surface area contributed by atoms with Crippen molar-refractivity contribution in [1.82, 2.24) is 19.9 Å². The summed E-state index contributed by atoms with van der Waals surface area (Å²) in [6.45, 7) is 4.10. The monoisotopic (exact) mass is 297 g/mol. The number of aromatic nitrogens is 4. The van der Waals surface area contributed by atoms with Crippen molar-refractivity contribution in [2.75, 3.05) is 5.32 Å². The van der Waals surface area contributed by atoms with Gasteiger partial charge in [0.05, 0.1) is 12.2 Å². The Morgan fingerprint density at radius 2 is 2.05 bits per heavy atom. The average Bonchev–Trinajstić information content (AvgIpc) is 3.11. The molecule has 0 aliphatic rings. The predicted molar refractivity (Wildman–Crippen MR) is 79.5 cm³/mol. The zero-order valence-corrected chi connectivity index (χ0v) is 12.3. The van der Waals surface area contributed by atoms with Gasteiger partial charge in [0, 0.05) is 5.69 Å². The molecule has 0 bridgehead atoms. The van der Waals surface area contributed by atoms with Crippen LogP contribution in [-0.4, -0.2) is 25.8 Å². The largest absolute Gasteiger partial charge is 0.361 e. The van der Waals surface area contributed by atoms with E-state index in [2.05, 4.69) is 20.6 Å². The summed E-state index contributed by atoms with van der Waals surface area (Å²) < 4.78 is 6.74. The minimum Gasteiger partial charge on any atom is -0.361 e. The lowest BCUT2D eigenvalue weighted by atomic mass is 10.1. The number of nitrogens with zero attached hydrogens (tertiary/aromatic N) is 4. The van der Waals surface area contributed by atoms with Crippen LogP contribution in [0.2, 0.25) is 0 Å². The van der Waals surface area contributed by atoms with Gasteiger partial charge in [0.1, 0.15) is 24.0 Å². The van der Waals surface area contributed by atoms with Crippen molar-refractivity contribution in [1.29, 1.82) is 0 Å². The molecular weight excluding hydrogens is 282 g/mol. The van der Waals surface area contributed by atoms with Crippen LogP contribution in [0.3, 0.4) is 0 Å². The van der Waals surface area contributed by atoms with E-state index in [1.165, 1.54) is 6.33 Å². The lowest BCUT2D eigenvalue weighted by molar-refractivity contribution is 0.102. The molecule has 0 aliphatic heterocycles. The number of nitrogens with one attached hydrogen (secondary N) is 1. The Kier molecular flexibility index (Phi) is 3.69. The van der Waals surface area contributed by atoms with E-state index in [0.29, 0.717) is 29.2 Å². The van der Waals surface area contributed by atoms with Gasteiger partial charge in [0.2, 0.25) is 0 Å². The lowest BCUT2D eigenvalue weighted by Gasteiger charge is -2.06. The Labute approximate surface area is 127 Å². The highest BCUT2D eigenvalue weighted by atomic mass is 16.5. The van der Waals surface area contributed by atoms with Crippen molar-refractivity contribution in [3.8, 4) is 0 Å². The van der Waals surface area contributed by atoms with Crippen LogP contribution in [0.25, 0.3) is 0 Å². The van der Waals surface area contributed by atoms with E-state index >= 15 is 0 Å². The third kappa shape index (κ3) is 2.88. The number of hydrogen-bond acceptors (Lipinski definition) is 5. The van der Waals surface area contributed by atoms with Crippen molar-refractivity contribution >= 4 is 11.6 Å². The molecule has 7 heteroatoms. The van der Waals surface area contributed by atoms with Crippen LogP contribution in [0.4, 0.5) is 5.69 Å². The third-order valence-electron chi connectivity index (χ3n) is 3.28. The Bertz CT molecular complexity index is 755. The zero-order chi connectivity index (χ0) is 15.5. The second-order valence-corrected chi connectivity index (χ2v) is 4.94. The molecule has 2 aromatic heterocycles. The molecule has 22 heavy (non-hydrogen) atoms. The summed E-state index contributed by atoms with van der Waals surface area (Å²) >= 11 is 0. The molecule has 112 valence electrons. The second-order valence-electron chi connectivity index (χ2n) is 4.94. The molecule has 7 nitrogen and oxygen atoms in total. The van der Waals surface area contributed by atoms with Crippen LogP contribution in [0.15, 0.2) is 41.4 Å². The molecule has 0 saturated heterocycles. The highest BCUT2D eigenvalue weighted by molar-refractivity contribution is 6.05. The smallest absolute Gasteiger partial charge is 0.261 e. The molecule has 0 fully saturated rings. The quantitative estimate of drug-likeness (QED) is 0.797. The lowest BCUT2D eigenvalue weighted by Crippen LogP contribution is -2.13. The van der Waals surface area contributed by atoms with Crippen molar-refractivity contribution in [3.05, 3.63) is 59.5 Å². The molecule has 0 radical (unpaired) electrons. The van der Waals surface area contributed by atoms with Crippen molar-refractivity contribution < 1.29 is 9.32 Å². The number of benzene rings is 1. The van der Waals surface area contributed by atoms with E-state index in [9.17, 15) is 4.79 Å². The van der Waals surface area contributed by atoms with Crippen molar-refractivity contribution in [2.45, 2.75) is 20.4 Å². The summed E-state index contributed by atoms with van der Waals surface area (Å²) in [5.41, 5.74) is 2.85. The van der Waals surface area contributed by atoms with Gasteiger partial charge in [-0.25, -0.2) is 9.67 Å². The van der Waals surface area contributed by atoms with Gasteiger partial charge in [0.15, 0.2) is 0 Å². The van der Waals surface area contributed by atoms with Crippen molar-refractivity contribution in [2.24, 2.45) is 0 Å². The first-order chi connectivity index (χ1) is 10.6. The molecule has 1 aromatic carbocycles. The van der Waals surface area contributed by atoms with Gasteiger partial charge in [-0.15, -0.1) is 0 Å². The summed E-state index contributed by atoms with van der Waals surface area (Å²) in [6.07, 6.45) is 3.16. The first kappa shape index (κ1) is 14.0. The molecule has 0 spiro atoms. The fraction of sp³-hybridized carbons (Fsp3) is 0.200. The van der Waals surface area contributed by atoms with E-state index in [1.54, 1.807) is 24.9 Å². The molecule has 0 atom stereocenters. The summed E-state index contributed by atoms with van der Waals surface area (Å²) in [7, 11) is 0. The number of aryl methyl sites for hydroxylation is 2. The Balaban J connectivity index is 1.70. The van der Waals surface area contributed by atoms with E-state index in [4.69, 9.17) is 4.52 Å². The third-order valence-corrected chi connectivity index (χ3v) is 3.28. The maximum absolute atomic E-state index is 12.2. The molecule has 1 N–H and O–H groups in total. The molecule has 3 rings (SSSR count). The molecule has 0 saturated carbocycles. The zero-order valence-electron chi connectivity index (χ0n) is 12.3. The van der Waals surface area contributed by atoms with Crippen LogP contribution in [-0.2, 0) is 6.54 Å². The number of amides is 1. The number of hydrogen-bond donors (Lipinski definition) is 1. The Hall–Kier alpha value is -2.96. The fourth-order valence-electron chi connectivity index (χ4n) is 2.20. The van der Waals surface area contributed by atoms with Crippen LogP contribution in [0, 0.1) is 13.8 Å². The highest BCUT2D eigenvalue weighted by Crippen LogP contribution is 2.16. The number of rotatable bonds is 4. The van der Waals surface area contributed by atoms with Gasteiger partial charge < -0.3 is 9.84 Å². The molecule has 0 aliphatic carbocycles. The molecule has 0 unspecified atom stereocenters. The van der Waals surface area contributed by atoms with Gasteiger partial charge >= 0.3 is 0 Å². The van der Waals surface area contributed by atoms with Crippen LogP contribution in [0.1, 0.15) is 27.4 Å². The van der Waals surface area contributed by atoms with Gasteiger partial charge in [-0.3, -0.25) is 4.79 Å². The summed E-state index contributed by atoms with van der Waals surface area (Å²) in [5.74, 6) is 0.290. The van der Waals surface area contributed by atoms with E-state index < -0.39 is 0 Å². The van der Waals surface area contributed by atoms with Gasteiger partial charge in [-0.2, -0.15) is 5.10 Å². The van der Waals surface area contributed by atoms with Crippen LogP contribution in [0.5, 0.6) is 0 Å². The minimum absolute atomic E-state index is 0.222. The first-order valence-corrected chi connectivity index (χ1v) is 6.79. The van der Waals surface area contributed by atoms with Gasteiger partial charge in [0.25, 0.3) is 5.91 Å². The maximum atomic E-state index is 12.2. The summed E-state index contributed by atoms with van der Waals surface area (Å²) in [6, 6.07) is 7.57. The summed E-state index contributed by atoms with van der Waals surface area (Å²) in [5, 5.41) is 10.7. The number of carbonyl (C=O) groups is 1. The molecule has 3 aromatic rings. The normalized spacial score (nSPS) is 10.6. The second kappa shape index (κ2) is 5.80. The van der Waals surface area contributed by atoms with E-state index in [1.807, 2.05) is 24.3 Å². The highest BCUT2D eigenvalue weighted by Gasteiger charge is 2.17. The minimum atomic E-state index is -0.222.